The van der Waals surface area contributed by atoms with Crippen LogP contribution in [0.3, 0.4) is 0 Å². The van der Waals surface area contributed by atoms with E-state index in [2.05, 4.69) is 231 Å². The van der Waals surface area contributed by atoms with Crippen molar-refractivity contribution in [3.8, 4) is 101 Å². The Labute approximate surface area is 769 Å². The van der Waals surface area contributed by atoms with Gasteiger partial charge in [-0.2, -0.15) is 0 Å². The van der Waals surface area contributed by atoms with Crippen molar-refractivity contribution < 1.29 is 47.1 Å². The molecule has 4 aliphatic heterocycles. The summed E-state index contributed by atoms with van der Waals surface area (Å²) in [5.74, 6) is 3.41. The molecule has 620 valence electrons. The van der Waals surface area contributed by atoms with Gasteiger partial charge in [-0.3, -0.25) is 0 Å². The topological polar surface area (TPSA) is 130 Å². The van der Waals surface area contributed by atoms with Gasteiger partial charge < -0.3 is 38.6 Å². The smallest absolute Gasteiger partial charge is 0.206 e. The van der Waals surface area contributed by atoms with Crippen LogP contribution in [-0.4, -0.2) is 71.5 Å². The van der Waals surface area contributed by atoms with Gasteiger partial charge in [0, 0.05) is 145 Å². The van der Waals surface area contributed by atoms with Gasteiger partial charge in [0.2, 0.25) is 9.84 Å². The molecular formula is C108H74O10S9. The lowest BCUT2D eigenvalue weighted by atomic mass is 9.92. The van der Waals surface area contributed by atoms with Crippen LogP contribution in [0.15, 0.2) is 428 Å². The Balaban J connectivity index is 0.736. The van der Waals surface area contributed by atoms with Gasteiger partial charge in [-0.1, -0.05) is 312 Å². The first-order valence-corrected chi connectivity index (χ1v) is 49.7. The number of hydrogen-bond acceptors (Lipinski definition) is 18. The zero-order valence-electron chi connectivity index (χ0n) is 67.8. The zero-order chi connectivity index (χ0) is 85.1. The summed E-state index contributed by atoms with van der Waals surface area (Å²) in [4.78, 5) is 16.9. The SMILES string of the molecule is O=S(=O)(c1cc(-c2cccc3c2Sc2ccccc2S3)c(OCCOc2ccc3ccccc3c2-c2c(OCCO)ccc3ccccc23)c(-c2cccc3c2Sc2ccccc2S3)c1)c1cc(-c2cccc3c2Sc2ccccc2S3)c(OCCOc2ccc3ccccc3c2-c2c(OCCO)ccc3ccccc23)c(-c2cccc3c2Sc2ccccc2S3)c1. The fraction of sp³-hybridized carbons (Fsp3) is 0.0741. The second kappa shape index (κ2) is 35.3. The molecule has 0 aromatic heterocycles. The van der Waals surface area contributed by atoms with E-state index in [0.717, 1.165) is 166 Å². The summed E-state index contributed by atoms with van der Waals surface area (Å²) in [7, 11) is -4.70. The summed E-state index contributed by atoms with van der Waals surface area (Å²) in [5.41, 5.74) is 8.87. The monoisotopic (exact) mass is 1820 g/mol. The van der Waals surface area contributed by atoms with Crippen LogP contribution < -0.4 is 28.4 Å². The minimum atomic E-state index is -4.70. The average molecular weight is 1820 g/mol. The van der Waals surface area contributed by atoms with Crippen LogP contribution in [0.1, 0.15) is 0 Å². The largest absolute Gasteiger partial charge is 0.491 e. The molecule has 0 aliphatic carbocycles. The standard InChI is InChI=1S/C108H74O10S9/c109-53-55-113-83-49-45-65-21-1-5-25-71(65)99(83)101-73-27-7-3-23-67(73)47-51-85(101)115-57-59-117-103-79(75-29-17-41-95-105(75)123-91-37-13-9-33-87(91)119-95)61-69(62-80(103)76-30-18-42-96-106(76)124-92-38-14-10-34-88(92)120-96)127(111,112)70-63-81(77-31-19-43-97-107(77)125-93-39-15-11-35-89(93)121-97)104(82(64-70)78-32-20-44-98-108(78)126-94-40-16-12-36-90(94)122-98)118-60-58-116-86-52-48-68-24-4-8-28-74(68)102(86)100-72-26-6-2-22-66(72)46-50-84(100)114-56-54-110/h1-52,61-64,109-110H,53-60H2. The maximum absolute atomic E-state index is 17.8. The Morgan fingerprint density at radius 1 is 0.213 bits per heavy atom. The number of rotatable bonds is 24. The molecule has 10 nitrogen and oxygen atoms in total. The van der Waals surface area contributed by atoms with Crippen molar-refractivity contribution >= 4 is 147 Å². The predicted octanol–water partition coefficient (Wildman–Crippen LogP) is 29.3. The van der Waals surface area contributed by atoms with Crippen LogP contribution in [0.2, 0.25) is 0 Å². The minimum absolute atomic E-state index is 0.0276. The zero-order valence-corrected chi connectivity index (χ0v) is 75.2. The van der Waals surface area contributed by atoms with Gasteiger partial charge in [0.25, 0.3) is 0 Å². The van der Waals surface area contributed by atoms with Crippen molar-refractivity contribution in [2.24, 2.45) is 0 Å². The van der Waals surface area contributed by atoms with Gasteiger partial charge in [-0.15, -0.1) is 0 Å². The fourth-order valence-corrected chi connectivity index (χ4v) is 28.2. The lowest BCUT2D eigenvalue weighted by Crippen LogP contribution is -2.13. The predicted molar refractivity (Wildman–Crippen MR) is 520 cm³/mol. The highest BCUT2D eigenvalue weighted by Gasteiger charge is 2.35. The average Bonchev–Trinajstić information content (AvgIpc) is 0.750. The Hall–Kier alpha value is -11.5. The molecule has 0 bridgehead atoms. The van der Waals surface area contributed by atoms with Gasteiger partial charge >= 0.3 is 0 Å². The molecule has 127 heavy (non-hydrogen) atoms. The summed E-state index contributed by atoms with van der Waals surface area (Å²) in [5, 5.41) is 28.3. The molecule has 0 spiro atoms. The molecule has 4 aliphatic rings. The van der Waals surface area contributed by atoms with E-state index in [4.69, 9.17) is 28.4 Å². The molecule has 19 heteroatoms. The molecule has 18 aromatic carbocycles. The first-order chi connectivity index (χ1) is 62.6. The van der Waals surface area contributed by atoms with E-state index < -0.39 is 9.84 Å². The van der Waals surface area contributed by atoms with E-state index in [0.29, 0.717) is 56.8 Å². The maximum atomic E-state index is 17.8. The number of hydrogen-bond donors (Lipinski definition) is 2. The van der Waals surface area contributed by atoms with Crippen LogP contribution in [0.25, 0.3) is 110 Å². The van der Waals surface area contributed by atoms with Crippen molar-refractivity contribution in [2.45, 2.75) is 88.1 Å². The van der Waals surface area contributed by atoms with E-state index in [9.17, 15) is 10.2 Å². The molecule has 22 rings (SSSR count). The number of fused-ring (bicyclic) bond motifs is 12. The van der Waals surface area contributed by atoms with Gasteiger partial charge in [-0.25, -0.2) is 8.42 Å². The van der Waals surface area contributed by atoms with Crippen molar-refractivity contribution in [1.29, 1.82) is 0 Å². The Kier molecular flexibility index (Phi) is 22.6. The summed E-state index contributed by atoms with van der Waals surface area (Å²) in [6.07, 6.45) is 0. The lowest BCUT2D eigenvalue weighted by Gasteiger charge is -2.26. The van der Waals surface area contributed by atoms with Crippen LogP contribution >= 0.6 is 94.1 Å². The summed E-state index contributed by atoms with van der Waals surface area (Å²) in [6.45, 7) is 0.0489. The summed E-state index contributed by atoms with van der Waals surface area (Å²) in [6, 6.07) is 116. The highest BCUT2D eigenvalue weighted by Crippen LogP contribution is 2.61. The molecule has 0 saturated carbocycles. The molecule has 0 unspecified atom stereocenters. The molecule has 0 saturated heterocycles. The molecule has 0 radical (unpaired) electrons. The second-order valence-corrected chi connectivity index (χ2v) is 41.0. The molecule has 18 aromatic rings. The van der Waals surface area contributed by atoms with Crippen molar-refractivity contribution in [3.05, 3.63) is 340 Å². The van der Waals surface area contributed by atoms with E-state index in [-0.39, 0.29) is 62.6 Å². The Morgan fingerprint density at radius 3 is 0.693 bits per heavy atom. The van der Waals surface area contributed by atoms with Gasteiger partial charge in [0.15, 0.2) is 0 Å². The van der Waals surface area contributed by atoms with Crippen LogP contribution in [0, 0.1) is 0 Å². The maximum Gasteiger partial charge on any atom is 0.206 e. The molecule has 2 N–H and O–H groups in total. The highest BCUT2D eigenvalue weighted by atomic mass is 32.2. The summed E-state index contributed by atoms with van der Waals surface area (Å²) >= 11 is 13.5. The molecular weight excluding hydrogens is 1750 g/mol. The molecule has 0 fully saturated rings. The number of aliphatic hydroxyl groups is 2. The second-order valence-electron chi connectivity index (χ2n) is 30.5. The Morgan fingerprint density at radius 2 is 0.433 bits per heavy atom. The Bertz CT molecular complexity index is 6910. The van der Waals surface area contributed by atoms with Gasteiger partial charge in [0.05, 0.1) is 23.0 Å². The number of ether oxygens (including phenoxy) is 6. The van der Waals surface area contributed by atoms with E-state index in [1.807, 2.05) is 109 Å². The highest BCUT2D eigenvalue weighted by molar-refractivity contribution is 8.06. The minimum Gasteiger partial charge on any atom is -0.491 e. The van der Waals surface area contributed by atoms with Crippen LogP contribution in [-0.2, 0) is 9.84 Å². The van der Waals surface area contributed by atoms with E-state index in [1.54, 1.807) is 94.1 Å². The normalized spacial score (nSPS) is 12.9. The first-order valence-electron chi connectivity index (χ1n) is 41.6. The lowest BCUT2D eigenvalue weighted by molar-refractivity contribution is 0.202. The van der Waals surface area contributed by atoms with Gasteiger partial charge in [-0.05, 0) is 164 Å². The van der Waals surface area contributed by atoms with E-state index >= 15 is 8.42 Å². The number of sulfone groups is 1. The first kappa shape index (κ1) is 81.2. The van der Waals surface area contributed by atoms with Crippen molar-refractivity contribution in [2.75, 3.05) is 52.9 Å². The number of aliphatic hydroxyl groups excluding tert-OH is 2. The molecule has 4 heterocycles. The third-order valence-corrected chi connectivity index (χ3v) is 35.1. The van der Waals surface area contributed by atoms with Crippen molar-refractivity contribution in [3.63, 3.8) is 0 Å². The van der Waals surface area contributed by atoms with Crippen LogP contribution in [0.4, 0.5) is 0 Å². The molecule has 0 atom stereocenters. The van der Waals surface area contributed by atoms with Crippen molar-refractivity contribution in [1.82, 2.24) is 0 Å². The fourth-order valence-electron chi connectivity index (χ4n) is 17.2. The molecule has 0 amide bonds. The van der Waals surface area contributed by atoms with Crippen LogP contribution in [0.5, 0.6) is 34.5 Å². The quantitative estimate of drug-likeness (QED) is 0.0556. The number of benzene rings is 18. The van der Waals surface area contributed by atoms with E-state index in [1.165, 1.54) is 0 Å². The summed E-state index contributed by atoms with van der Waals surface area (Å²) < 4.78 is 78.1. The third-order valence-electron chi connectivity index (χ3n) is 22.9. The van der Waals surface area contributed by atoms with Gasteiger partial charge in [0.1, 0.15) is 74.1 Å². The third kappa shape index (κ3) is 15.4.